The standard InChI is InChI=1S/C19H18N4OS2/c1-12-6-8-23-10-15(22-18(23)9-12)19(24)20-7-5-14-3-4-17(26-14)16-11-25-13(2)21-16/h3-4,6,8-11H,5,7H2,1-2H3,(H,20,24). The fourth-order valence-corrected chi connectivity index (χ4v) is 4.36. The number of hydrogen-bond donors (Lipinski definition) is 1. The molecule has 4 rings (SSSR count). The number of imidazole rings is 1. The minimum absolute atomic E-state index is 0.141. The number of nitrogens with zero attached hydrogens (tertiary/aromatic N) is 3. The first kappa shape index (κ1) is 16.9. The van der Waals surface area contributed by atoms with E-state index in [0.29, 0.717) is 12.2 Å². The fraction of sp³-hybridized carbons (Fsp3) is 0.211. The lowest BCUT2D eigenvalue weighted by molar-refractivity contribution is 0.0950. The predicted octanol–water partition coefficient (Wildman–Crippen LogP) is 4.11. The molecular weight excluding hydrogens is 364 g/mol. The molecule has 4 aromatic heterocycles. The van der Waals surface area contributed by atoms with Crippen molar-refractivity contribution in [3.63, 3.8) is 0 Å². The van der Waals surface area contributed by atoms with Gasteiger partial charge in [-0.05, 0) is 50.1 Å². The van der Waals surface area contributed by atoms with E-state index in [4.69, 9.17) is 0 Å². The fourth-order valence-electron chi connectivity index (χ4n) is 2.71. The van der Waals surface area contributed by atoms with E-state index in [-0.39, 0.29) is 5.91 Å². The van der Waals surface area contributed by atoms with Gasteiger partial charge in [0.2, 0.25) is 0 Å². The number of thiophene rings is 1. The quantitative estimate of drug-likeness (QED) is 0.565. The first-order chi connectivity index (χ1) is 12.6. The third-order valence-corrected chi connectivity index (χ3v) is 5.98. The van der Waals surface area contributed by atoms with Gasteiger partial charge in [-0.2, -0.15) is 0 Å². The zero-order valence-electron chi connectivity index (χ0n) is 14.5. The Labute approximate surface area is 159 Å². The van der Waals surface area contributed by atoms with Crippen molar-refractivity contribution in [3.05, 3.63) is 63.2 Å². The van der Waals surface area contributed by atoms with Crippen LogP contribution >= 0.6 is 22.7 Å². The smallest absolute Gasteiger partial charge is 0.271 e. The topological polar surface area (TPSA) is 59.3 Å². The van der Waals surface area contributed by atoms with E-state index in [1.165, 1.54) is 9.75 Å². The van der Waals surface area contributed by atoms with Gasteiger partial charge in [-0.15, -0.1) is 22.7 Å². The Morgan fingerprint density at radius 3 is 2.92 bits per heavy atom. The number of aromatic nitrogens is 3. The summed E-state index contributed by atoms with van der Waals surface area (Å²) in [6.07, 6.45) is 4.48. The highest BCUT2D eigenvalue weighted by Gasteiger charge is 2.11. The molecule has 4 heterocycles. The highest BCUT2D eigenvalue weighted by molar-refractivity contribution is 7.16. The van der Waals surface area contributed by atoms with E-state index in [0.717, 1.165) is 28.3 Å². The molecule has 0 bridgehead atoms. The molecule has 0 saturated heterocycles. The second-order valence-corrected chi connectivity index (χ2v) is 8.35. The number of hydrogen-bond acceptors (Lipinski definition) is 5. The van der Waals surface area contributed by atoms with Crippen molar-refractivity contribution in [2.24, 2.45) is 0 Å². The minimum Gasteiger partial charge on any atom is -0.350 e. The van der Waals surface area contributed by atoms with Gasteiger partial charge in [-0.1, -0.05) is 0 Å². The van der Waals surface area contributed by atoms with Gasteiger partial charge in [0.1, 0.15) is 11.3 Å². The Bertz CT molecular complexity index is 1080. The first-order valence-electron chi connectivity index (χ1n) is 8.33. The summed E-state index contributed by atoms with van der Waals surface area (Å²) in [4.78, 5) is 23.6. The van der Waals surface area contributed by atoms with Gasteiger partial charge < -0.3 is 9.72 Å². The number of fused-ring (bicyclic) bond motifs is 1. The van der Waals surface area contributed by atoms with Crippen LogP contribution in [0.1, 0.15) is 25.9 Å². The van der Waals surface area contributed by atoms with E-state index in [9.17, 15) is 4.79 Å². The maximum Gasteiger partial charge on any atom is 0.271 e. The Hall–Kier alpha value is -2.51. The highest BCUT2D eigenvalue weighted by Crippen LogP contribution is 2.29. The molecule has 0 spiro atoms. The number of nitrogens with one attached hydrogen (secondary N) is 1. The van der Waals surface area contributed by atoms with E-state index in [1.54, 1.807) is 28.9 Å². The lowest BCUT2D eigenvalue weighted by Crippen LogP contribution is -2.25. The maximum absolute atomic E-state index is 12.3. The molecule has 4 aromatic rings. The molecule has 0 aliphatic heterocycles. The molecule has 1 amide bonds. The Kier molecular flexibility index (Phi) is 4.57. The average molecular weight is 383 g/mol. The molecule has 7 heteroatoms. The lowest BCUT2D eigenvalue weighted by Gasteiger charge is -2.01. The molecule has 0 aliphatic rings. The number of amides is 1. The molecular formula is C19H18N4OS2. The van der Waals surface area contributed by atoms with Gasteiger partial charge in [0, 0.05) is 29.2 Å². The van der Waals surface area contributed by atoms with Crippen molar-refractivity contribution in [2.45, 2.75) is 20.3 Å². The van der Waals surface area contributed by atoms with E-state index < -0.39 is 0 Å². The van der Waals surface area contributed by atoms with Crippen LogP contribution in [0.3, 0.4) is 0 Å². The van der Waals surface area contributed by atoms with Gasteiger partial charge in [0.15, 0.2) is 0 Å². The molecule has 132 valence electrons. The van der Waals surface area contributed by atoms with E-state index >= 15 is 0 Å². The molecule has 0 aromatic carbocycles. The third-order valence-electron chi connectivity index (χ3n) is 4.04. The number of carbonyl (C=O) groups is 1. The van der Waals surface area contributed by atoms with Crippen LogP contribution in [0, 0.1) is 13.8 Å². The van der Waals surface area contributed by atoms with E-state index in [1.807, 2.05) is 36.6 Å². The molecule has 0 aliphatic carbocycles. The number of carbonyl (C=O) groups excluding carboxylic acids is 1. The van der Waals surface area contributed by atoms with Gasteiger partial charge in [-0.25, -0.2) is 9.97 Å². The molecule has 26 heavy (non-hydrogen) atoms. The van der Waals surface area contributed by atoms with Crippen molar-refractivity contribution in [2.75, 3.05) is 6.54 Å². The van der Waals surface area contributed by atoms with E-state index in [2.05, 4.69) is 32.8 Å². The number of rotatable bonds is 5. The van der Waals surface area contributed by atoms with Crippen LogP contribution in [0.15, 0.2) is 42.0 Å². The van der Waals surface area contributed by atoms with Gasteiger partial charge in [0.25, 0.3) is 5.91 Å². The summed E-state index contributed by atoms with van der Waals surface area (Å²) in [5, 5.41) is 6.11. The molecule has 0 atom stereocenters. The van der Waals surface area contributed by atoms with Crippen molar-refractivity contribution in [3.8, 4) is 10.6 Å². The van der Waals surface area contributed by atoms with Crippen LogP contribution in [0.2, 0.25) is 0 Å². The molecule has 1 N–H and O–H groups in total. The van der Waals surface area contributed by atoms with Crippen LogP contribution in [0.5, 0.6) is 0 Å². The van der Waals surface area contributed by atoms with Crippen molar-refractivity contribution >= 4 is 34.2 Å². The summed E-state index contributed by atoms with van der Waals surface area (Å²) in [7, 11) is 0. The number of aryl methyl sites for hydroxylation is 2. The highest BCUT2D eigenvalue weighted by atomic mass is 32.1. The van der Waals surface area contributed by atoms with Gasteiger partial charge in [0.05, 0.1) is 15.6 Å². The summed E-state index contributed by atoms with van der Waals surface area (Å²) >= 11 is 3.39. The number of thiazole rings is 1. The summed E-state index contributed by atoms with van der Waals surface area (Å²) < 4.78 is 1.86. The van der Waals surface area contributed by atoms with Crippen LogP contribution in [-0.2, 0) is 6.42 Å². The molecule has 5 nitrogen and oxygen atoms in total. The monoisotopic (exact) mass is 382 g/mol. The minimum atomic E-state index is -0.141. The third kappa shape index (κ3) is 3.54. The van der Waals surface area contributed by atoms with Gasteiger partial charge in [-0.3, -0.25) is 4.79 Å². The number of pyridine rings is 1. The first-order valence-corrected chi connectivity index (χ1v) is 10.0. The summed E-state index contributed by atoms with van der Waals surface area (Å²) in [6.45, 7) is 4.61. The zero-order chi connectivity index (χ0) is 18.1. The largest absolute Gasteiger partial charge is 0.350 e. The zero-order valence-corrected chi connectivity index (χ0v) is 16.2. The molecule has 0 unspecified atom stereocenters. The lowest BCUT2D eigenvalue weighted by atomic mass is 10.3. The average Bonchev–Trinajstić information content (AvgIpc) is 3.33. The predicted molar refractivity (Wildman–Crippen MR) is 106 cm³/mol. The molecule has 0 saturated carbocycles. The summed E-state index contributed by atoms with van der Waals surface area (Å²) in [5.41, 5.74) is 3.39. The van der Waals surface area contributed by atoms with Crippen molar-refractivity contribution < 1.29 is 4.79 Å². The second kappa shape index (κ2) is 7.01. The Morgan fingerprint density at radius 1 is 1.23 bits per heavy atom. The van der Waals surface area contributed by atoms with Crippen molar-refractivity contribution in [1.82, 2.24) is 19.7 Å². The van der Waals surface area contributed by atoms with Crippen molar-refractivity contribution in [1.29, 1.82) is 0 Å². The molecule has 0 fully saturated rings. The molecule has 0 radical (unpaired) electrons. The Morgan fingerprint density at radius 2 is 2.12 bits per heavy atom. The second-order valence-electron chi connectivity index (χ2n) is 6.12. The SMILES string of the molecule is Cc1ccn2cc(C(=O)NCCc3ccc(-c4csc(C)n4)s3)nc2c1. The summed E-state index contributed by atoms with van der Waals surface area (Å²) in [6, 6.07) is 8.16. The van der Waals surface area contributed by atoms with Crippen LogP contribution < -0.4 is 5.32 Å². The summed E-state index contributed by atoms with van der Waals surface area (Å²) in [5.74, 6) is -0.141. The van der Waals surface area contributed by atoms with Crippen LogP contribution in [0.25, 0.3) is 16.2 Å². The maximum atomic E-state index is 12.3. The van der Waals surface area contributed by atoms with Crippen LogP contribution in [0.4, 0.5) is 0 Å². The normalized spacial score (nSPS) is 11.2. The van der Waals surface area contributed by atoms with Gasteiger partial charge >= 0.3 is 0 Å². The van der Waals surface area contributed by atoms with Crippen LogP contribution in [-0.4, -0.2) is 26.8 Å². The Balaban J connectivity index is 1.36.